The predicted molar refractivity (Wildman–Crippen MR) is 134 cm³/mol. The normalized spacial score (nSPS) is 13.6. The minimum Gasteiger partial charge on any atom is -0.558 e. The molecule has 6 N–H and O–H groups in total. The van der Waals surface area contributed by atoms with E-state index in [1.165, 1.54) is 12.1 Å². The van der Waals surface area contributed by atoms with Crippen LogP contribution in [0.2, 0.25) is 10.0 Å². The van der Waals surface area contributed by atoms with E-state index in [1.54, 1.807) is 12.3 Å². The van der Waals surface area contributed by atoms with E-state index < -0.39 is 30.6 Å². The number of halogens is 2. The first-order valence-corrected chi connectivity index (χ1v) is 11.6. The second-order valence-corrected chi connectivity index (χ2v) is 9.60. The van der Waals surface area contributed by atoms with Gasteiger partial charge in [0.15, 0.2) is 0 Å². The molecule has 34 heavy (non-hydrogen) atoms. The van der Waals surface area contributed by atoms with Crippen LogP contribution in [-0.4, -0.2) is 50.6 Å². The second-order valence-electron chi connectivity index (χ2n) is 8.75. The molecular weight excluding hydrogens is 480 g/mol. The minimum atomic E-state index is -3.83. The zero-order valence-electron chi connectivity index (χ0n) is 18.8. The average molecular weight is 507 g/mol. The van der Waals surface area contributed by atoms with E-state index >= 15 is 0 Å². The molecule has 0 saturated carbocycles. The highest BCUT2D eigenvalue weighted by atomic mass is 35.5. The number of benzene rings is 2. The molecule has 0 unspecified atom stereocenters. The van der Waals surface area contributed by atoms with Crippen LogP contribution in [0.5, 0.6) is 0 Å². The molecule has 0 spiro atoms. The molecule has 0 radical (unpaired) electrons. The van der Waals surface area contributed by atoms with E-state index in [1.807, 2.05) is 38.1 Å². The Bertz CT molecular complexity index is 1180. The third-order valence-electron chi connectivity index (χ3n) is 5.49. The number of nitrogens with one attached hydrogen (secondary N) is 3. The number of amides is 2. The Balaban J connectivity index is 1.91. The van der Waals surface area contributed by atoms with E-state index in [2.05, 4.69) is 15.6 Å². The SMILES string of the molecule is CC(C)C[C@H](NC(=O)[C@H](Cc1c[nH]c2ccccc12)NC(=O)c1cc(Cl)ccc1Cl)[B-](O)(O)O. The van der Waals surface area contributed by atoms with Crippen molar-refractivity contribution in [3.05, 3.63) is 69.8 Å². The van der Waals surface area contributed by atoms with Crippen molar-refractivity contribution in [3.8, 4) is 0 Å². The Labute approximate surface area is 207 Å². The van der Waals surface area contributed by atoms with Gasteiger partial charge in [-0.1, -0.05) is 61.7 Å². The van der Waals surface area contributed by atoms with Crippen molar-refractivity contribution in [1.82, 2.24) is 15.6 Å². The van der Waals surface area contributed by atoms with Gasteiger partial charge in [0.05, 0.1) is 10.6 Å². The summed E-state index contributed by atoms with van der Waals surface area (Å²) >= 11 is 12.2. The molecule has 2 aromatic carbocycles. The van der Waals surface area contributed by atoms with Crippen LogP contribution < -0.4 is 10.6 Å². The largest absolute Gasteiger partial charge is 0.558 e. The fourth-order valence-electron chi connectivity index (χ4n) is 3.78. The van der Waals surface area contributed by atoms with Crippen LogP contribution in [-0.2, 0) is 11.2 Å². The van der Waals surface area contributed by atoms with Crippen LogP contribution in [0, 0.1) is 5.92 Å². The fraction of sp³-hybridized carbons (Fsp3) is 0.304. The summed E-state index contributed by atoms with van der Waals surface area (Å²) in [7, 11) is 0. The molecule has 2 atom stereocenters. The number of H-pyrrole nitrogens is 1. The molecule has 1 aromatic heterocycles. The Morgan fingerprint density at radius 3 is 2.44 bits per heavy atom. The maximum atomic E-state index is 13.2. The maximum absolute atomic E-state index is 13.2. The van der Waals surface area contributed by atoms with Gasteiger partial charge in [-0.25, -0.2) is 0 Å². The summed E-state index contributed by atoms with van der Waals surface area (Å²) in [6.45, 7) is -0.208. The van der Waals surface area contributed by atoms with E-state index in [0.29, 0.717) is 5.02 Å². The van der Waals surface area contributed by atoms with Gasteiger partial charge in [0.25, 0.3) is 5.91 Å². The highest BCUT2D eigenvalue weighted by molar-refractivity contribution is 6.58. The first-order chi connectivity index (χ1) is 16.0. The number of hydrogen-bond donors (Lipinski definition) is 6. The summed E-state index contributed by atoms with van der Waals surface area (Å²) in [5.41, 5.74) is 1.72. The summed E-state index contributed by atoms with van der Waals surface area (Å²) in [5.74, 6) is -2.68. The lowest BCUT2D eigenvalue weighted by Gasteiger charge is -2.35. The van der Waals surface area contributed by atoms with E-state index in [9.17, 15) is 24.7 Å². The molecule has 3 aromatic rings. The van der Waals surface area contributed by atoms with Gasteiger partial charge in [0.2, 0.25) is 5.91 Å². The summed E-state index contributed by atoms with van der Waals surface area (Å²) in [6, 6.07) is 10.8. The summed E-state index contributed by atoms with van der Waals surface area (Å²) < 4.78 is 0. The van der Waals surface area contributed by atoms with Crippen LogP contribution in [0.3, 0.4) is 0 Å². The molecule has 3 rings (SSSR count). The average Bonchev–Trinajstić information content (AvgIpc) is 3.16. The van der Waals surface area contributed by atoms with Gasteiger partial charge in [-0.2, -0.15) is 0 Å². The third kappa shape index (κ3) is 6.52. The van der Waals surface area contributed by atoms with Crippen LogP contribution in [0.15, 0.2) is 48.7 Å². The zero-order valence-corrected chi connectivity index (χ0v) is 20.3. The highest BCUT2D eigenvalue weighted by Gasteiger charge is 2.33. The van der Waals surface area contributed by atoms with E-state index in [4.69, 9.17) is 23.2 Å². The van der Waals surface area contributed by atoms with Gasteiger partial charge >= 0.3 is 6.75 Å². The Kier molecular flexibility index (Phi) is 8.27. The number of carbonyl (C=O) groups is 2. The van der Waals surface area contributed by atoms with Crippen LogP contribution >= 0.6 is 23.2 Å². The minimum absolute atomic E-state index is 0.0510. The van der Waals surface area contributed by atoms with Gasteiger partial charge in [0.1, 0.15) is 6.04 Å². The van der Waals surface area contributed by atoms with Crippen molar-refractivity contribution < 1.29 is 24.7 Å². The third-order valence-corrected chi connectivity index (χ3v) is 6.05. The summed E-state index contributed by atoms with van der Waals surface area (Å²) in [6.07, 6.45) is 1.95. The first-order valence-electron chi connectivity index (χ1n) is 10.9. The van der Waals surface area contributed by atoms with Crippen molar-refractivity contribution in [2.45, 2.75) is 38.7 Å². The standard InChI is InChI=1S/C23H27BCl2N3O5/c1-13(2)9-21(24(32,33)34)29-23(31)20(10-14-12-27-19-6-4-3-5-16(14)19)28-22(30)17-11-15(25)7-8-18(17)26/h3-8,11-13,20-21,27,32-34H,9-10H2,1-2H3,(H,28,30)(H,29,31)/q-1/t20-,21-/m0/s1. The number of aromatic nitrogens is 1. The number of aromatic amines is 1. The first kappa shape index (κ1) is 26.1. The quantitative estimate of drug-likeness (QED) is 0.248. The topological polar surface area (TPSA) is 135 Å². The molecule has 182 valence electrons. The van der Waals surface area contributed by atoms with Gasteiger partial charge in [-0.05, 0) is 41.7 Å². The lowest BCUT2D eigenvalue weighted by Crippen LogP contribution is -2.61. The number of rotatable bonds is 9. The summed E-state index contributed by atoms with van der Waals surface area (Å²) in [4.78, 5) is 29.4. The van der Waals surface area contributed by atoms with Crippen molar-refractivity contribution in [1.29, 1.82) is 0 Å². The molecular formula is C23H27BCl2N3O5-. The van der Waals surface area contributed by atoms with Crippen LogP contribution in [0.1, 0.15) is 36.2 Å². The summed E-state index contributed by atoms with van der Waals surface area (Å²) in [5, 5.41) is 35.9. The van der Waals surface area contributed by atoms with Gasteiger partial charge in [-0.15, -0.1) is 0 Å². The van der Waals surface area contributed by atoms with Crippen molar-refractivity contribution >= 4 is 52.7 Å². The molecule has 0 aliphatic heterocycles. The molecule has 0 aliphatic carbocycles. The number of fused-ring (bicyclic) bond motifs is 1. The predicted octanol–water partition coefficient (Wildman–Crippen LogP) is 2.80. The highest BCUT2D eigenvalue weighted by Crippen LogP contribution is 2.22. The van der Waals surface area contributed by atoms with Crippen molar-refractivity contribution in [2.24, 2.45) is 5.92 Å². The molecule has 0 bridgehead atoms. The molecule has 0 fully saturated rings. The van der Waals surface area contributed by atoms with Gasteiger partial charge < -0.3 is 30.7 Å². The maximum Gasteiger partial charge on any atom is 0.393 e. The van der Waals surface area contributed by atoms with Gasteiger partial charge in [0, 0.05) is 28.5 Å². The van der Waals surface area contributed by atoms with Gasteiger partial charge in [-0.3, -0.25) is 9.59 Å². The molecule has 8 nitrogen and oxygen atoms in total. The molecule has 11 heteroatoms. The molecule has 0 aliphatic rings. The molecule has 1 heterocycles. The van der Waals surface area contributed by atoms with Crippen molar-refractivity contribution in [2.75, 3.05) is 0 Å². The number of hydrogen-bond acceptors (Lipinski definition) is 5. The van der Waals surface area contributed by atoms with Crippen LogP contribution in [0.4, 0.5) is 0 Å². The van der Waals surface area contributed by atoms with Crippen molar-refractivity contribution in [3.63, 3.8) is 0 Å². The van der Waals surface area contributed by atoms with E-state index in [-0.39, 0.29) is 29.3 Å². The van der Waals surface area contributed by atoms with Crippen LogP contribution in [0.25, 0.3) is 10.9 Å². The smallest absolute Gasteiger partial charge is 0.393 e. The Morgan fingerprint density at radius 1 is 1.06 bits per heavy atom. The fourth-order valence-corrected chi connectivity index (χ4v) is 4.16. The van der Waals surface area contributed by atoms with E-state index in [0.717, 1.165) is 16.5 Å². The molecule has 0 saturated heterocycles. The zero-order chi connectivity index (χ0) is 25.0. The Hall–Kier alpha value is -2.56. The lowest BCUT2D eigenvalue weighted by atomic mass is 9.66. The monoisotopic (exact) mass is 506 g/mol. The second kappa shape index (κ2) is 10.8. The Morgan fingerprint density at radius 2 is 1.76 bits per heavy atom. The molecule has 2 amide bonds. The lowest BCUT2D eigenvalue weighted by molar-refractivity contribution is -0.123. The number of carbonyl (C=O) groups excluding carboxylic acids is 2. The number of para-hydroxylation sites is 1.